The van der Waals surface area contributed by atoms with Crippen LogP contribution in [0.1, 0.15) is 51.5 Å². The van der Waals surface area contributed by atoms with Crippen molar-refractivity contribution in [3.05, 3.63) is 55.8 Å². The van der Waals surface area contributed by atoms with E-state index in [9.17, 15) is 33.4 Å². The van der Waals surface area contributed by atoms with Crippen LogP contribution in [0.25, 0.3) is 0 Å². The first-order valence-corrected chi connectivity index (χ1v) is 15.3. The Hall–Kier alpha value is -4.12. The van der Waals surface area contributed by atoms with Gasteiger partial charge in [0.05, 0.1) is 22.8 Å². The Bertz CT molecular complexity index is 1450. The highest BCUT2D eigenvalue weighted by molar-refractivity contribution is 7.89. The second-order valence-corrected chi connectivity index (χ2v) is 12.6. The van der Waals surface area contributed by atoms with E-state index >= 15 is 0 Å². The summed E-state index contributed by atoms with van der Waals surface area (Å²) in [4.78, 5) is 54.3. The van der Waals surface area contributed by atoms with Gasteiger partial charge < -0.3 is 19.3 Å². The van der Waals surface area contributed by atoms with Crippen LogP contribution in [0.3, 0.4) is 0 Å². The first-order valence-electron chi connectivity index (χ1n) is 13.9. The minimum absolute atomic E-state index is 0.0226. The summed E-state index contributed by atoms with van der Waals surface area (Å²) in [5.74, 6) is -0.0296. The van der Waals surface area contributed by atoms with Crippen LogP contribution in [0.2, 0.25) is 0 Å². The van der Waals surface area contributed by atoms with Crippen molar-refractivity contribution < 1.29 is 37.8 Å². The molecule has 0 saturated carbocycles. The minimum Gasteiger partial charge on any atom is -0.493 e. The van der Waals surface area contributed by atoms with Gasteiger partial charge in [0.2, 0.25) is 10.0 Å². The van der Waals surface area contributed by atoms with E-state index in [1.807, 2.05) is 20.0 Å². The number of piperidine rings is 1. The van der Waals surface area contributed by atoms with Gasteiger partial charge in [-0.1, -0.05) is 20.3 Å². The molecule has 234 valence electrons. The lowest BCUT2D eigenvalue weighted by Gasteiger charge is -2.39. The van der Waals surface area contributed by atoms with Crippen LogP contribution in [0.4, 0.5) is 0 Å². The maximum atomic E-state index is 13.8. The van der Waals surface area contributed by atoms with Gasteiger partial charge in [-0.15, -0.1) is 20.2 Å². The molecule has 1 aromatic rings. The molecule has 1 atom stereocenters. The van der Waals surface area contributed by atoms with Crippen molar-refractivity contribution in [1.82, 2.24) is 9.21 Å². The number of amidine groups is 1. The zero-order valence-electron chi connectivity index (χ0n) is 24.1. The molecule has 17 heteroatoms. The third-order valence-corrected chi connectivity index (χ3v) is 9.47. The number of benzene rings is 1. The number of carbonyl (C=O) groups excluding carboxylic acids is 1. The van der Waals surface area contributed by atoms with Crippen LogP contribution in [0.15, 0.2) is 44.9 Å². The van der Waals surface area contributed by atoms with E-state index in [1.165, 1.54) is 22.5 Å². The summed E-state index contributed by atoms with van der Waals surface area (Å²) in [7, 11) is -2.33. The number of hydrogen-bond donors (Lipinski definition) is 0. The van der Waals surface area contributed by atoms with Gasteiger partial charge >= 0.3 is 0 Å². The summed E-state index contributed by atoms with van der Waals surface area (Å²) >= 11 is 0. The molecule has 0 bridgehead atoms. The number of likely N-dealkylation sites (N-methyl/N-ethyl adjacent to an activating group) is 1. The van der Waals surface area contributed by atoms with E-state index in [1.54, 1.807) is 11.9 Å². The highest BCUT2D eigenvalue weighted by Gasteiger charge is 2.42. The van der Waals surface area contributed by atoms with Gasteiger partial charge in [0.25, 0.3) is 16.1 Å². The molecule has 1 fully saturated rings. The molecule has 0 N–H and O–H groups in total. The Labute approximate surface area is 248 Å². The summed E-state index contributed by atoms with van der Waals surface area (Å²) in [6, 6.07) is 3.64. The number of ether oxygens (including phenoxy) is 1. The van der Waals surface area contributed by atoms with Crippen LogP contribution < -0.4 is 4.74 Å². The number of fused-ring (bicyclic) bond motifs is 1. The third kappa shape index (κ3) is 6.93. The van der Waals surface area contributed by atoms with Crippen molar-refractivity contribution in [1.29, 1.82) is 0 Å². The molecule has 1 amide bonds. The molecule has 0 aromatic heterocycles. The lowest BCUT2D eigenvalue weighted by atomic mass is 9.80. The van der Waals surface area contributed by atoms with Gasteiger partial charge in [0, 0.05) is 31.8 Å². The summed E-state index contributed by atoms with van der Waals surface area (Å²) in [5.41, 5.74) is 0.617. The fourth-order valence-electron chi connectivity index (χ4n) is 5.31. The van der Waals surface area contributed by atoms with E-state index in [4.69, 9.17) is 9.73 Å². The van der Waals surface area contributed by atoms with Crippen LogP contribution in [0, 0.1) is 25.6 Å². The molecule has 3 heterocycles. The fraction of sp³-hybridized carbons (Fsp3) is 0.577. The molecule has 3 aliphatic heterocycles. The summed E-state index contributed by atoms with van der Waals surface area (Å²) in [6.07, 6.45) is 4.17. The second-order valence-electron chi connectivity index (χ2n) is 10.6. The lowest BCUT2D eigenvalue weighted by molar-refractivity contribution is -0.772. The van der Waals surface area contributed by atoms with Crippen LogP contribution >= 0.6 is 0 Å². The predicted molar refractivity (Wildman–Crippen MR) is 152 cm³/mol. The van der Waals surface area contributed by atoms with Crippen LogP contribution in [-0.2, 0) is 24.5 Å². The fourth-order valence-corrected chi connectivity index (χ4v) is 6.78. The topological polar surface area (TPSA) is 196 Å². The number of nitrogens with zero attached hydrogens (tertiary/aromatic N) is 6. The zero-order chi connectivity index (χ0) is 31.4. The number of hydrogen-bond acceptors (Lipinski definition) is 12. The van der Waals surface area contributed by atoms with Crippen LogP contribution in [-0.4, -0.2) is 91.3 Å². The summed E-state index contributed by atoms with van der Waals surface area (Å²) in [5, 5.41) is 19.6. The van der Waals surface area contributed by atoms with Crippen molar-refractivity contribution in [3.63, 3.8) is 0 Å². The Balaban J connectivity index is 1.64. The Kier molecular flexibility index (Phi) is 9.64. The maximum Gasteiger partial charge on any atom is 0.294 e. The van der Waals surface area contributed by atoms with Crippen molar-refractivity contribution in [3.8, 4) is 5.75 Å². The molecule has 4 rings (SSSR count). The number of amides is 1. The molecule has 0 aliphatic carbocycles. The quantitative estimate of drug-likeness (QED) is 0.218. The molecular weight excluding hydrogens is 588 g/mol. The van der Waals surface area contributed by atoms with Gasteiger partial charge in [-0.2, -0.15) is 9.30 Å². The largest absolute Gasteiger partial charge is 0.493 e. The van der Waals surface area contributed by atoms with E-state index in [2.05, 4.69) is 14.7 Å². The summed E-state index contributed by atoms with van der Waals surface area (Å²) in [6.45, 7) is 3.15. The first-order chi connectivity index (χ1) is 20.4. The van der Waals surface area contributed by atoms with Crippen LogP contribution in [0.5, 0.6) is 5.75 Å². The molecule has 3 aliphatic rings. The first kappa shape index (κ1) is 31.8. The molecule has 16 nitrogen and oxygen atoms in total. The highest BCUT2D eigenvalue weighted by Crippen LogP contribution is 2.36. The monoisotopic (exact) mass is 622 g/mol. The van der Waals surface area contributed by atoms with Crippen molar-refractivity contribution >= 4 is 27.5 Å². The number of rotatable bonds is 14. The minimum atomic E-state index is -4.11. The molecule has 0 radical (unpaired) electrons. The Morgan fingerprint density at radius 3 is 2.28 bits per heavy atom. The number of aliphatic imine (C=N–C) groups is 2. The average Bonchev–Trinajstić information content (AvgIpc) is 3.29. The lowest BCUT2D eigenvalue weighted by Crippen LogP contribution is -2.47. The smallest absolute Gasteiger partial charge is 0.294 e. The number of carbonyl (C=O) groups is 1. The van der Waals surface area contributed by atoms with E-state index in [0.29, 0.717) is 30.9 Å². The van der Waals surface area contributed by atoms with E-state index in [-0.39, 0.29) is 42.2 Å². The molecule has 1 aromatic carbocycles. The van der Waals surface area contributed by atoms with Gasteiger partial charge in [0.1, 0.15) is 19.0 Å². The zero-order valence-corrected chi connectivity index (χ0v) is 24.9. The maximum absolute atomic E-state index is 13.8. The van der Waals surface area contributed by atoms with Gasteiger partial charge in [-0.25, -0.2) is 13.4 Å². The average molecular weight is 623 g/mol. The highest BCUT2D eigenvalue weighted by atomic mass is 32.2. The molecule has 0 spiro atoms. The molecule has 43 heavy (non-hydrogen) atoms. The SMILES string of the molecule is CCCOc1ccc(S(=O)(=O)N2CCC(CO[N+](=O)[O-])(CO[N+](=O)[O-])CC2)cc1C1=NC(=O)C2C(=N1)C(CCC)=CN2C. The predicted octanol–water partition coefficient (Wildman–Crippen LogP) is 2.39. The normalized spacial score (nSPS) is 20.1. The Morgan fingerprint density at radius 1 is 1.05 bits per heavy atom. The molecule has 1 unspecified atom stereocenters. The second kappa shape index (κ2) is 13.0. The molecule has 1 saturated heterocycles. The van der Waals surface area contributed by atoms with E-state index in [0.717, 1.165) is 12.0 Å². The van der Waals surface area contributed by atoms with E-state index < -0.39 is 50.8 Å². The number of sulfonamides is 1. The van der Waals surface area contributed by atoms with Gasteiger partial charge in [0.15, 0.2) is 11.9 Å². The van der Waals surface area contributed by atoms with Gasteiger partial charge in [-0.3, -0.25) is 4.79 Å². The standard InChI is InChI=1S/C26H34N6O10S/c1-4-6-18-15-29(3)23-22(18)27-24(28-25(23)33)20-14-19(7-8-21(20)40-13-5-2)43(38,39)30-11-9-26(10-12-30,16-41-31(34)35)17-42-32(36)37/h7-8,14-15,23H,4-6,9-13,16-17H2,1-3H3. The Morgan fingerprint density at radius 2 is 1.70 bits per heavy atom. The third-order valence-electron chi connectivity index (χ3n) is 7.58. The van der Waals surface area contributed by atoms with Crippen molar-refractivity contribution in [2.45, 2.75) is 56.9 Å². The van der Waals surface area contributed by atoms with Crippen molar-refractivity contribution in [2.24, 2.45) is 15.4 Å². The summed E-state index contributed by atoms with van der Waals surface area (Å²) < 4.78 is 34.6. The van der Waals surface area contributed by atoms with Gasteiger partial charge in [-0.05, 0) is 49.5 Å². The molecular formula is C26H34N6O10S. The van der Waals surface area contributed by atoms with Crippen molar-refractivity contribution in [2.75, 3.05) is 40.0 Å².